The molecule has 0 bridgehead atoms. The standard InChI is InChI=1S/C16H14BrN3/c1-10(2)16-19-14(9-15(17)20-16)12-5-6-13-11(8-12)4-3-7-18-13/h3-10H,1-2H3. The fourth-order valence-electron chi connectivity index (χ4n) is 2.08. The molecule has 100 valence electrons. The number of hydrogen-bond acceptors (Lipinski definition) is 3. The second-order valence-corrected chi connectivity index (χ2v) is 5.81. The molecule has 3 rings (SSSR count). The molecule has 0 aliphatic rings. The SMILES string of the molecule is CC(C)c1nc(Br)cc(-c2ccc3ncccc3c2)n1. The number of hydrogen-bond donors (Lipinski definition) is 0. The number of halogens is 1. The summed E-state index contributed by atoms with van der Waals surface area (Å²) in [6, 6.07) is 12.1. The second-order valence-electron chi connectivity index (χ2n) is 5.00. The first-order chi connectivity index (χ1) is 9.63. The van der Waals surface area contributed by atoms with E-state index in [1.807, 2.05) is 24.3 Å². The Morgan fingerprint density at radius 3 is 2.70 bits per heavy atom. The first-order valence-electron chi connectivity index (χ1n) is 6.53. The molecule has 0 aliphatic heterocycles. The van der Waals surface area contributed by atoms with Gasteiger partial charge in [-0.05, 0) is 40.2 Å². The van der Waals surface area contributed by atoms with Crippen molar-refractivity contribution >= 4 is 26.8 Å². The topological polar surface area (TPSA) is 38.7 Å². The smallest absolute Gasteiger partial charge is 0.132 e. The van der Waals surface area contributed by atoms with Crippen LogP contribution in [0, 0.1) is 0 Å². The van der Waals surface area contributed by atoms with Crippen molar-refractivity contribution in [3.63, 3.8) is 0 Å². The number of fused-ring (bicyclic) bond motifs is 1. The van der Waals surface area contributed by atoms with Crippen molar-refractivity contribution in [2.45, 2.75) is 19.8 Å². The number of rotatable bonds is 2. The highest BCUT2D eigenvalue weighted by Crippen LogP contribution is 2.25. The minimum atomic E-state index is 0.299. The molecule has 0 atom stereocenters. The van der Waals surface area contributed by atoms with E-state index in [2.05, 4.69) is 56.9 Å². The van der Waals surface area contributed by atoms with Crippen molar-refractivity contribution in [1.82, 2.24) is 15.0 Å². The number of benzene rings is 1. The maximum atomic E-state index is 4.65. The summed E-state index contributed by atoms with van der Waals surface area (Å²) in [4.78, 5) is 13.4. The van der Waals surface area contributed by atoms with Gasteiger partial charge >= 0.3 is 0 Å². The third kappa shape index (κ3) is 2.56. The minimum Gasteiger partial charge on any atom is -0.256 e. The lowest BCUT2D eigenvalue weighted by Crippen LogP contribution is -1.99. The summed E-state index contributed by atoms with van der Waals surface area (Å²) in [5.74, 6) is 1.15. The van der Waals surface area contributed by atoms with Gasteiger partial charge in [0.15, 0.2) is 0 Å². The summed E-state index contributed by atoms with van der Waals surface area (Å²) in [5, 5.41) is 1.12. The van der Waals surface area contributed by atoms with E-state index in [1.54, 1.807) is 6.20 Å². The van der Waals surface area contributed by atoms with Crippen LogP contribution in [0.15, 0.2) is 47.2 Å². The summed E-state index contributed by atoms with van der Waals surface area (Å²) >= 11 is 3.46. The summed E-state index contributed by atoms with van der Waals surface area (Å²) in [7, 11) is 0. The number of pyridine rings is 1. The van der Waals surface area contributed by atoms with E-state index in [0.717, 1.165) is 32.6 Å². The van der Waals surface area contributed by atoms with Crippen LogP contribution in [-0.2, 0) is 0 Å². The predicted molar refractivity (Wildman–Crippen MR) is 84.6 cm³/mol. The molecule has 0 spiro atoms. The highest BCUT2D eigenvalue weighted by Gasteiger charge is 2.09. The van der Waals surface area contributed by atoms with Gasteiger partial charge in [-0.3, -0.25) is 4.98 Å². The Morgan fingerprint density at radius 2 is 1.90 bits per heavy atom. The molecule has 0 aliphatic carbocycles. The van der Waals surface area contributed by atoms with Crippen LogP contribution in [0.1, 0.15) is 25.6 Å². The molecule has 4 heteroatoms. The molecular formula is C16H14BrN3. The zero-order valence-electron chi connectivity index (χ0n) is 11.3. The van der Waals surface area contributed by atoms with E-state index in [-0.39, 0.29) is 0 Å². The maximum Gasteiger partial charge on any atom is 0.132 e. The van der Waals surface area contributed by atoms with Crippen molar-refractivity contribution < 1.29 is 0 Å². The van der Waals surface area contributed by atoms with Crippen molar-refractivity contribution in [2.75, 3.05) is 0 Å². The van der Waals surface area contributed by atoms with Crippen LogP contribution in [0.4, 0.5) is 0 Å². The highest BCUT2D eigenvalue weighted by molar-refractivity contribution is 9.10. The second kappa shape index (κ2) is 5.29. The third-order valence-corrected chi connectivity index (χ3v) is 3.53. The normalized spacial score (nSPS) is 11.2. The Morgan fingerprint density at radius 1 is 1.05 bits per heavy atom. The molecule has 2 heterocycles. The van der Waals surface area contributed by atoms with Crippen molar-refractivity contribution in [2.24, 2.45) is 0 Å². The predicted octanol–water partition coefficient (Wildman–Crippen LogP) is 4.58. The molecule has 3 aromatic rings. The summed E-state index contributed by atoms with van der Waals surface area (Å²) < 4.78 is 0.817. The first kappa shape index (κ1) is 13.2. The van der Waals surface area contributed by atoms with Crippen LogP contribution in [0.2, 0.25) is 0 Å². The largest absolute Gasteiger partial charge is 0.256 e. The third-order valence-electron chi connectivity index (χ3n) is 3.13. The highest BCUT2D eigenvalue weighted by atomic mass is 79.9. The van der Waals surface area contributed by atoms with Gasteiger partial charge in [0, 0.05) is 23.1 Å². The Hall–Kier alpha value is -1.81. The molecule has 0 unspecified atom stereocenters. The van der Waals surface area contributed by atoms with Gasteiger partial charge in [-0.15, -0.1) is 0 Å². The molecule has 0 saturated carbocycles. The average molecular weight is 328 g/mol. The molecule has 20 heavy (non-hydrogen) atoms. The fourth-order valence-corrected chi connectivity index (χ4v) is 2.47. The quantitative estimate of drug-likeness (QED) is 0.647. The Balaban J connectivity index is 2.15. The van der Waals surface area contributed by atoms with E-state index in [4.69, 9.17) is 0 Å². The van der Waals surface area contributed by atoms with Gasteiger partial charge in [0.2, 0.25) is 0 Å². The van der Waals surface area contributed by atoms with Gasteiger partial charge < -0.3 is 0 Å². The van der Waals surface area contributed by atoms with Crippen LogP contribution in [0.5, 0.6) is 0 Å². The van der Waals surface area contributed by atoms with Crippen LogP contribution in [-0.4, -0.2) is 15.0 Å². The molecule has 2 aromatic heterocycles. The van der Waals surface area contributed by atoms with Gasteiger partial charge in [0.25, 0.3) is 0 Å². The fraction of sp³-hybridized carbons (Fsp3) is 0.188. The van der Waals surface area contributed by atoms with Crippen LogP contribution >= 0.6 is 15.9 Å². The molecule has 0 N–H and O–H groups in total. The molecule has 0 radical (unpaired) electrons. The Labute approximate surface area is 126 Å². The molecular weight excluding hydrogens is 314 g/mol. The zero-order chi connectivity index (χ0) is 14.1. The minimum absolute atomic E-state index is 0.299. The van der Waals surface area contributed by atoms with Crippen molar-refractivity contribution in [3.05, 3.63) is 53.0 Å². The van der Waals surface area contributed by atoms with Crippen molar-refractivity contribution in [1.29, 1.82) is 0 Å². The van der Waals surface area contributed by atoms with Gasteiger partial charge in [0.05, 0.1) is 11.2 Å². The van der Waals surface area contributed by atoms with Gasteiger partial charge in [0.1, 0.15) is 10.4 Å². The van der Waals surface area contributed by atoms with Gasteiger partial charge in [-0.2, -0.15) is 0 Å². The number of aromatic nitrogens is 3. The molecule has 3 nitrogen and oxygen atoms in total. The van der Waals surface area contributed by atoms with E-state index in [1.165, 1.54) is 0 Å². The Kier molecular flexibility index (Phi) is 3.49. The molecule has 0 fully saturated rings. The first-order valence-corrected chi connectivity index (χ1v) is 7.32. The summed E-state index contributed by atoms with van der Waals surface area (Å²) in [5.41, 5.74) is 3.00. The van der Waals surface area contributed by atoms with Gasteiger partial charge in [-0.1, -0.05) is 26.0 Å². The lowest BCUT2D eigenvalue weighted by molar-refractivity contribution is 0.771. The van der Waals surface area contributed by atoms with E-state index in [9.17, 15) is 0 Å². The molecule has 0 amide bonds. The lowest BCUT2D eigenvalue weighted by atomic mass is 10.1. The van der Waals surface area contributed by atoms with Gasteiger partial charge in [-0.25, -0.2) is 9.97 Å². The Bertz CT molecular complexity index is 769. The van der Waals surface area contributed by atoms with E-state index >= 15 is 0 Å². The average Bonchev–Trinajstić information content (AvgIpc) is 2.46. The van der Waals surface area contributed by atoms with Crippen LogP contribution in [0.3, 0.4) is 0 Å². The van der Waals surface area contributed by atoms with Crippen LogP contribution in [0.25, 0.3) is 22.2 Å². The summed E-state index contributed by atoms with van der Waals surface area (Å²) in [6.45, 7) is 4.19. The number of nitrogens with zero attached hydrogens (tertiary/aromatic N) is 3. The summed E-state index contributed by atoms with van der Waals surface area (Å²) in [6.07, 6.45) is 1.81. The van der Waals surface area contributed by atoms with Crippen molar-refractivity contribution in [3.8, 4) is 11.3 Å². The lowest BCUT2D eigenvalue weighted by Gasteiger charge is -2.08. The monoisotopic (exact) mass is 327 g/mol. The molecule has 1 aromatic carbocycles. The van der Waals surface area contributed by atoms with Crippen LogP contribution < -0.4 is 0 Å². The zero-order valence-corrected chi connectivity index (χ0v) is 12.9. The van der Waals surface area contributed by atoms with E-state index < -0.39 is 0 Å². The van der Waals surface area contributed by atoms with E-state index in [0.29, 0.717) is 5.92 Å². The molecule has 0 saturated heterocycles. The maximum absolute atomic E-state index is 4.65.